The molecular weight excluding hydrogens is 641 g/mol. The highest BCUT2D eigenvalue weighted by Crippen LogP contribution is 2.38. The predicted molar refractivity (Wildman–Crippen MR) is 168 cm³/mol. The molecule has 8 rings (SSSR count). The Kier molecular flexibility index (Phi) is 7.75. The number of hydrogen-bond donors (Lipinski definition) is 2. The van der Waals surface area contributed by atoms with Gasteiger partial charge in [0.1, 0.15) is 17.6 Å². The molecule has 6 heterocycles. The molecule has 0 atom stereocenters. The topological polar surface area (TPSA) is 124 Å². The van der Waals surface area contributed by atoms with E-state index in [0.29, 0.717) is 47.5 Å². The Morgan fingerprint density at radius 2 is 1.39 bits per heavy atom. The first kappa shape index (κ1) is 30.3. The van der Waals surface area contributed by atoms with Gasteiger partial charge in [-0.05, 0) is 24.3 Å². The summed E-state index contributed by atoms with van der Waals surface area (Å²) in [5, 5.41) is 31.4. The summed E-state index contributed by atoms with van der Waals surface area (Å²) in [6.07, 6.45) is 3.64. The molecule has 12 nitrogen and oxygen atoms in total. The largest absolute Gasteiger partial charge is 0.387 e. The normalized spacial score (nSPS) is 14.4. The molecule has 2 aliphatic rings. The van der Waals surface area contributed by atoms with E-state index in [1.807, 2.05) is 30.1 Å². The van der Waals surface area contributed by atoms with Crippen molar-refractivity contribution in [3.05, 3.63) is 69.7 Å². The van der Waals surface area contributed by atoms with Crippen molar-refractivity contribution in [1.29, 1.82) is 0 Å². The molecule has 0 bridgehead atoms. The van der Waals surface area contributed by atoms with Gasteiger partial charge in [-0.1, -0.05) is 23.2 Å². The minimum absolute atomic E-state index is 0.0214. The van der Waals surface area contributed by atoms with Crippen LogP contribution in [-0.4, -0.2) is 74.7 Å². The van der Waals surface area contributed by atoms with E-state index in [-0.39, 0.29) is 28.0 Å². The van der Waals surface area contributed by atoms with Gasteiger partial charge in [-0.15, -0.1) is 0 Å². The van der Waals surface area contributed by atoms with Crippen molar-refractivity contribution in [3.63, 3.8) is 0 Å². The molecule has 0 unspecified atom stereocenters. The van der Waals surface area contributed by atoms with Gasteiger partial charge in [0.2, 0.25) is 5.91 Å². The van der Waals surface area contributed by atoms with Crippen molar-refractivity contribution in [3.8, 4) is 22.5 Å². The zero-order chi connectivity index (χ0) is 32.3. The van der Waals surface area contributed by atoms with Gasteiger partial charge in [0, 0.05) is 68.0 Å². The van der Waals surface area contributed by atoms with Crippen LogP contribution in [0.15, 0.2) is 36.7 Å². The number of aliphatic hydroxyl groups is 1. The van der Waals surface area contributed by atoms with E-state index in [0.717, 1.165) is 35.4 Å². The van der Waals surface area contributed by atoms with Crippen molar-refractivity contribution in [2.45, 2.75) is 26.2 Å². The Labute approximate surface area is 270 Å². The van der Waals surface area contributed by atoms with Crippen molar-refractivity contribution in [1.82, 2.24) is 49.3 Å². The van der Waals surface area contributed by atoms with E-state index in [1.54, 1.807) is 33.4 Å². The Balaban J connectivity index is 0.000000149. The Hall–Kier alpha value is -4.37. The summed E-state index contributed by atoms with van der Waals surface area (Å²) in [5.41, 5.74) is 5.08. The maximum atomic E-state index is 14.6. The van der Waals surface area contributed by atoms with Gasteiger partial charge >= 0.3 is 0 Å². The molecule has 46 heavy (non-hydrogen) atoms. The van der Waals surface area contributed by atoms with Gasteiger partial charge in [0.25, 0.3) is 0 Å². The number of benzene rings is 2. The number of rotatable bonds is 3. The SMILES string of the molecule is Cn1ccc(-c2cc(Cl)c(F)c3nn4c(c23)CN(C(=O)CO)CC4)n1.Cn1ccc(-c2cc(Cl)c(F)c3nn4c(c23)CNCC4)n1. The van der Waals surface area contributed by atoms with E-state index < -0.39 is 18.2 Å². The highest BCUT2D eigenvalue weighted by Gasteiger charge is 2.28. The molecule has 16 heteroatoms. The number of nitrogens with zero attached hydrogens (tertiary/aromatic N) is 9. The van der Waals surface area contributed by atoms with Crippen LogP contribution in [0.3, 0.4) is 0 Å². The molecule has 0 fully saturated rings. The number of aliphatic hydroxyl groups excluding tert-OH is 1. The van der Waals surface area contributed by atoms with Crippen LogP contribution in [0, 0.1) is 11.6 Å². The molecule has 1 amide bonds. The van der Waals surface area contributed by atoms with E-state index in [1.165, 1.54) is 11.0 Å². The van der Waals surface area contributed by atoms with Gasteiger partial charge in [-0.3, -0.25) is 23.5 Å². The minimum atomic E-state index is -0.585. The van der Waals surface area contributed by atoms with Gasteiger partial charge in [-0.2, -0.15) is 20.4 Å². The van der Waals surface area contributed by atoms with Crippen molar-refractivity contribution in [2.24, 2.45) is 14.1 Å². The predicted octanol–water partition coefficient (Wildman–Crippen LogP) is 3.90. The van der Waals surface area contributed by atoms with Crippen molar-refractivity contribution < 1.29 is 18.7 Å². The van der Waals surface area contributed by atoms with Crippen molar-refractivity contribution >= 4 is 50.9 Å². The third kappa shape index (κ3) is 5.11. The molecule has 0 saturated carbocycles. The van der Waals surface area contributed by atoms with Gasteiger partial charge in [-0.25, -0.2) is 8.78 Å². The molecule has 238 valence electrons. The average Bonchev–Trinajstić information content (AvgIpc) is 3.85. The van der Waals surface area contributed by atoms with Crippen LogP contribution < -0.4 is 5.32 Å². The third-order valence-electron chi connectivity index (χ3n) is 8.21. The quantitative estimate of drug-likeness (QED) is 0.293. The molecule has 4 aromatic heterocycles. The van der Waals surface area contributed by atoms with Crippen LogP contribution in [0.5, 0.6) is 0 Å². The number of fused-ring (bicyclic) bond motifs is 6. The zero-order valence-electron chi connectivity index (χ0n) is 24.8. The van der Waals surface area contributed by atoms with Crippen LogP contribution in [0.4, 0.5) is 8.78 Å². The lowest BCUT2D eigenvalue weighted by molar-refractivity contribution is -0.135. The lowest BCUT2D eigenvalue weighted by atomic mass is 10.0. The fourth-order valence-electron chi connectivity index (χ4n) is 6.03. The highest BCUT2D eigenvalue weighted by atomic mass is 35.5. The molecule has 2 N–H and O–H groups in total. The number of nitrogens with one attached hydrogen (secondary N) is 1. The summed E-state index contributed by atoms with van der Waals surface area (Å²) in [5.74, 6) is -1.42. The maximum absolute atomic E-state index is 14.6. The Bertz CT molecular complexity index is 2150. The summed E-state index contributed by atoms with van der Waals surface area (Å²) in [6.45, 7) is 2.74. The second-order valence-electron chi connectivity index (χ2n) is 11.1. The standard InChI is InChI=1S/C16H15ClFN5O2.C14H13ClFN5/c1-21-3-2-11(19-21)9-6-10(17)15(18)16-14(9)12-7-22(13(25)8-24)4-5-23(12)20-16;1-20-4-2-10(18-20)8-6-9(15)13(16)14-12(8)11-7-17-3-5-21(11)19-14/h2-3,6,24H,4-5,7-8H2,1H3;2,4,6,17H,3,5,7H2,1H3. The van der Waals surface area contributed by atoms with Crippen LogP contribution in [0.2, 0.25) is 10.0 Å². The van der Waals surface area contributed by atoms with Crippen LogP contribution in [-0.2, 0) is 45.1 Å². The number of carbonyl (C=O) groups excluding carboxylic acids is 1. The van der Waals surface area contributed by atoms with E-state index >= 15 is 0 Å². The molecule has 0 spiro atoms. The molecule has 2 aliphatic heterocycles. The molecule has 2 aromatic carbocycles. The lowest BCUT2D eigenvalue weighted by Crippen LogP contribution is -2.39. The van der Waals surface area contributed by atoms with Crippen molar-refractivity contribution in [2.75, 3.05) is 19.7 Å². The fourth-order valence-corrected chi connectivity index (χ4v) is 6.43. The van der Waals surface area contributed by atoms with E-state index in [4.69, 9.17) is 28.3 Å². The Morgan fingerprint density at radius 1 is 0.848 bits per heavy atom. The van der Waals surface area contributed by atoms with Crippen LogP contribution >= 0.6 is 23.2 Å². The number of hydrogen-bond acceptors (Lipinski definition) is 7. The number of amides is 1. The van der Waals surface area contributed by atoms with Gasteiger partial charge in [0.05, 0.1) is 52.5 Å². The fraction of sp³-hybridized carbons (Fsp3) is 0.300. The monoisotopic (exact) mass is 668 g/mol. The van der Waals surface area contributed by atoms with Crippen LogP contribution in [0.1, 0.15) is 11.4 Å². The lowest BCUT2D eigenvalue weighted by Gasteiger charge is -2.27. The Morgan fingerprint density at radius 3 is 1.91 bits per heavy atom. The first-order valence-corrected chi connectivity index (χ1v) is 15.2. The summed E-state index contributed by atoms with van der Waals surface area (Å²) < 4.78 is 35.8. The molecule has 0 radical (unpaired) electrons. The summed E-state index contributed by atoms with van der Waals surface area (Å²) in [4.78, 5) is 13.4. The number of carbonyl (C=O) groups is 1. The molecule has 0 saturated heterocycles. The summed E-state index contributed by atoms with van der Waals surface area (Å²) in [7, 11) is 3.64. The minimum Gasteiger partial charge on any atom is -0.387 e. The zero-order valence-corrected chi connectivity index (χ0v) is 26.3. The van der Waals surface area contributed by atoms with Crippen LogP contribution in [0.25, 0.3) is 44.3 Å². The summed E-state index contributed by atoms with van der Waals surface area (Å²) >= 11 is 12.1. The second-order valence-corrected chi connectivity index (χ2v) is 11.9. The van der Waals surface area contributed by atoms with E-state index in [2.05, 4.69) is 25.7 Å². The molecular formula is C30H28Cl2F2N10O2. The first-order valence-electron chi connectivity index (χ1n) is 14.5. The number of aromatic nitrogens is 8. The van der Waals surface area contributed by atoms with Gasteiger partial charge < -0.3 is 15.3 Å². The second kappa shape index (κ2) is 11.8. The molecule has 6 aromatic rings. The molecule has 0 aliphatic carbocycles. The van der Waals surface area contributed by atoms with Gasteiger partial charge in [0.15, 0.2) is 11.6 Å². The summed E-state index contributed by atoms with van der Waals surface area (Å²) in [6, 6.07) is 6.88. The highest BCUT2D eigenvalue weighted by molar-refractivity contribution is 6.32. The smallest absolute Gasteiger partial charge is 0.248 e. The van der Waals surface area contributed by atoms with E-state index in [9.17, 15) is 13.6 Å². The number of halogens is 4. The average molecular weight is 670 g/mol. The first-order chi connectivity index (χ1) is 22.1. The third-order valence-corrected chi connectivity index (χ3v) is 8.76. The maximum Gasteiger partial charge on any atom is 0.248 e. The number of aryl methyl sites for hydroxylation is 2.